The lowest BCUT2D eigenvalue weighted by atomic mass is 10.0. The number of unbranched alkanes of at least 4 members (excludes halogenated alkanes) is 16. The predicted octanol–water partition coefficient (Wildman–Crippen LogP) is 13.4. The van der Waals surface area contributed by atoms with E-state index < -0.39 is 0 Å². The number of ether oxygens (including phenoxy) is 1. The van der Waals surface area contributed by atoms with Crippen LogP contribution in [0.4, 0.5) is 11.4 Å². The van der Waals surface area contributed by atoms with Gasteiger partial charge in [0.05, 0.1) is 37.8 Å². The molecule has 0 radical (unpaired) electrons. The molecule has 2 rings (SSSR count). The van der Waals surface area contributed by atoms with Crippen molar-refractivity contribution in [3.63, 3.8) is 0 Å². The van der Waals surface area contributed by atoms with Crippen LogP contribution in [0.1, 0.15) is 187 Å². The van der Waals surface area contributed by atoms with E-state index >= 15 is 0 Å². The standard InChI is InChI=1S/C44H76N2O5/c1-6-11-15-19-23-36-48-45(49-37-24-20-16-12-7-2)42-31-27-40(28-32-42)44(47-35-10-5)41-29-33-43(34-30-41)46(50-38-25-21-17-13-8-3)51-39-26-22-18-14-9-4/h27-34,44H,6-26,35-39H2,1-5H3. The number of rotatable bonds is 35. The molecule has 0 aliphatic carbocycles. The Bertz CT molecular complexity index is 923. The SMILES string of the molecule is CCCCCCCON(OCCCCCCC)c1ccc(C(OCCC)c2ccc(N(OCCCCCCC)OCCCCCCC)cc2)cc1. The van der Waals surface area contributed by atoms with Gasteiger partial charge < -0.3 is 4.74 Å². The number of anilines is 2. The van der Waals surface area contributed by atoms with Gasteiger partial charge in [0.25, 0.3) is 0 Å². The van der Waals surface area contributed by atoms with Crippen LogP contribution >= 0.6 is 0 Å². The van der Waals surface area contributed by atoms with Gasteiger partial charge in [0.15, 0.2) is 0 Å². The Morgan fingerprint density at radius 3 is 0.922 bits per heavy atom. The van der Waals surface area contributed by atoms with Crippen molar-refractivity contribution in [1.29, 1.82) is 0 Å². The maximum Gasteiger partial charge on any atom is 0.108 e. The fourth-order valence-corrected chi connectivity index (χ4v) is 5.95. The third-order valence-electron chi connectivity index (χ3n) is 9.13. The summed E-state index contributed by atoms with van der Waals surface area (Å²) >= 11 is 0. The van der Waals surface area contributed by atoms with Crippen molar-refractivity contribution in [3.8, 4) is 0 Å². The lowest BCUT2D eigenvalue weighted by Crippen LogP contribution is -2.25. The summed E-state index contributed by atoms with van der Waals surface area (Å²) in [4.78, 5) is 24.7. The van der Waals surface area contributed by atoms with Gasteiger partial charge in [-0.15, -0.1) is 10.5 Å². The smallest absolute Gasteiger partial charge is 0.108 e. The van der Waals surface area contributed by atoms with Crippen LogP contribution in [0.3, 0.4) is 0 Å². The van der Waals surface area contributed by atoms with Crippen LogP contribution in [0.15, 0.2) is 48.5 Å². The number of hydrogen-bond donors (Lipinski definition) is 0. The lowest BCUT2D eigenvalue weighted by molar-refractivity contribution is -0.0916. The van der Waals surface area contributed by atoms with E-state index in [9.17, 15) is 0 Å². The van der Waals surface area contributed by atoms with Crippen molar-refractivity contribution >= 4 is 11.4 Å². The number of benzene rings is 2. The zero-order valence-electron chi connectivity index (χ0n) is 33.5. The molecule has 0 aliphatic rings. The van der Waals surface area contributed by atoms with Crippen LogP contribution in [-0.4, -0.2) is 33.0 Å². The van der Waals surface area contributed by atoms with Gasteiger partial charge in [0.1, 0.15) is 6.10 Å². The van der Waals surface area contributed by atoms with Gasteiger partial charge in [-0.25, -0.2) is 19.4 Å². The van der Waals surface area contributed by atoms with E-state index in [1.54, 1.807) is 10.5 Å². The molecule has 0 amide bonds. The van der Waals surface area contributed by atoms with Gasteiger partial charge in [-0.2, -0.15) is 0 Å². The second kappa shape index (κ2) is 31.4. The average Bonchev–Trinajstić information content (AvgIpc) is 3.16. The highest BCUT2D eigenvalue weighted by Gasteiger charge is 2.18. The van der Waals surface area contributed by atoms with Crippen LogP contribution < -0.4 is 10.5 Å². The summed E-state index contributed by atoms with van der Waals surface area (Å²) in [5, 5.41) is 3.28. The maximum atomic E-state index is 6.46. The fourth-order valence-electron chi connectivity index (χ4n) is 5.95. The molecule has 7 nitrogen and oxygen atoms in total. The summed E-state index contributed by atoms with van der Waals surface area (Å²) < 4.78 is 6.46. The Kier molecular flexibility index (Phi) is 27.7. The Morgan fingerprint density at radius 2 is 0.647 bits per heavy atom. The van der Waals surface area contributed by atoms with E-state index in [0.717, 1.165) is 54.6 Å². The van der Waals surface area contributed by atoms with E-state index in [4.69, 9.17) is 24.1 Å². The third-order valence-corrected chi connectivity index (χ3v) is 9.13. The topological polar surface area (TPSA) is 52.6 Å². The lowest BCUT2D eigenvalue weighted by Gasteiger charge is -2.25. The maximum absolute atomic E-state index is 6.46. The van der Waals surface area contributed by atoms with Crippen LogP contribution in [0, 0.1) is 0 Å². The summed E-state index contributed by atoms with van der Waals surface area (Å²) in [5.74, 6) is 0. The van der Waals surface area contributed by atoms with Gasteiger partial charge in [0, 0.05) is 6.61 Å². The van der Waals surface area contributed by atoms with Crippen molar-refractivity contribution in [2.75, 3.05) is 43.5 Å². The monoisotopic (exact) mass is 713 g/mol. The van der Waals surface area contributed by atoms with Gasteiger partial charge in [-0.3, -0.25) is 0 Å². The minimum Gasteiger partial charge on any atom is -0.369 e. The first-order valence-electron chi connectivity index (χ1n) is 21.1. The molecule has 0 aliphatic heterocycles. The molecule has 2 aromatic carbocycles. The van der Waals surface area contributed by atoms with Crippen molar-refractivity contribution in [2.45, 2.75) is 176 Å². The molecule has 0 heterocycles. The van der Waals surface area contributed by atoms with Gasteiger partial charge in [-0.1, -0.05) is 162 Å². The predicted molar refractivity (Wildman–Crippen MR) is 215 cm³/mol. The summed E-state index contributed by atoms with van der Waals surface area (Å²) in [7, 11) is 0. The minimum atomic E-state index is -0.187. The molecule has 0 bridgehead atoms. The molecule has 0 unspecified atom stereocenters. The normalized spacial score (nSPS) is 11.5. The van der Waals surface area contributed by atoms with E-state index in [-0.39, 0.29) is 6.10 Å². The van der Waals surface area contributed by atoms with E-state index in [1.807, 2.05) is 0 Å². The Hall–Kier alpha value is -2.16. The molecular formula is C44H76N2O5. The van der Waals surface area contributed by atoms with Crippen LogP contribution in [0.5, 0.6) is 0 Å². The molecule has 0 N–H and O–H groups in total. The second-order valence-electron chi connectivity index (χ2n) is 13.9. The Balaban J connectivity index is 2.13. The Labute approximate surface area is 313 Å². The van der Waals surface area contributed by atoms with Gasteiger partial charge in [-0.05, 0) is 67.5 Å². The first-order chi connectivity index (χ1) is 25.2. The Morgan fingerprint density at radius 1 is 0.353 bits per heavy atom. The molecule has 51 heavy (non-hydrogen) atoms. The van der Waals surface area contributed by atoms with Crippen LogP contribution in [0.25, 0.3) is 0 Å². The van der Waals surface area contributed by atoms with E-state index in [0.29, 0.717) is 33.0 Å². The van der Waals surface area contributed by atoms with Crippen LogP contribution in [-0.2, 0) is 24.1 Å². The molecule has 0 fully saturated rings. The molecule has 2 aromatic rings. The average molecular weight is 713 g/mol. The van der Waals surface area contributed by atoms with Crippen molar-refractivity contribution in [3.05, 3.63) is 59.7 Å². The third kappa shape index (κ3) is 20.6. The molecule has 0 spiro atoms. The highest BCUT2D eigenvalue weighted by atomic mass is 17.0. The fraction of sp³-hybridized carbons (Fsp3) is 0.727. The molecular weight excluding hydrogens is 636 g/mol. The summed E-state index contributed by atoms with van der Waals surface area (Å²) in [5.41, 5.74) is 4.00. The highest BCUT2D eigenvalue weighted by molar-refractivity contribution is 5.48. The van der Waals surface area contributed by atoms with Crippen LogP contribution in [0.2, 0.25) is 0 Å². The molecule has 0 saturated carbocycles. The first-order valence-corrected chi connectivity index (χ1v) is 21.1. The minimum absolute atomic E-state index is 0.187. The van der Waals surface area contributed by atoms with E-state index in [2.05, 4.69) is 83.1 Å². The zero-order chi connectivity index (χ0) is 36.6. The summed E-state index contributed by atoms with van der Waals surface area (Å²) in [6.45, 7) is 14.4. The summed E-state index contributed by atoms with van der Waals surface area (Å²) in [6, 6.07) is 16.9. The van der Waals surface area contributed by atoms with Gasteiger partial charge in [0.2, 0.25) is 0 Å². The quantitative estimate of drug-likeness (QED) is 0.0521. The molecule has 0 saturated heterocycles. The molecule has 7 heteroatoms. The first kappa shape index (κ1) is 45.0. The van der Waals surface area contributed by atoms with Gasteiger partial charge >= 0.3 is 0 Å². The largest absolute Gasteiger partial charge is 0.369 e. The zero-order valence-corrected chi connectivity index (χ0v) is 33.5. The van der Waals surface area contributed by atoms with Crippen molar-refractivity contribution in [2.24, 2.45) is 0 Å². The van der Waals surface area contributed by atoms with E-state index in [1.165, 1.54) is 103 Å². The molecule has 0 atom stereocenters. The highest BCUT2D eigenvalue weighted by Crippen LogP contribution is 2.30. The number of hydrogen-bond acceptors (Lipinski definition) is 7. The second-order valence-corrected chi connectivity index (χ2v) is 13.9. The summed E-state index contributed by atoms with van der Waals surface area (Å²) in [6.07, 6.45) is 24.7. The molecule has 292 valence electrons. The molecule has 0 aromatic heterocycles. The van der Waals surface area contributed by atoms with Crippen molar-refractivity contribution < 1.29 is 24.1 Å². The van der Waals surface area contributed by atoms with Crippen molar-refractivity contribution in [1.82, 2.24) is 0 Å². The number of nitrogens with zero attached hydrogens (tertiary/aromatic N) is 2.